The molecule has 0 radical (unpaired) electrons. The van der Waals surface area contributed by atoms with Gasteiger partial charge in [0.05, 0.1) is 7.11 Å². The van der Waals surface area contributed by atoms with Crippen LogP contribution in [0.3, 0.4) is 0 Å². The van der Waals surface area contributed by atoms with Crippen LogP contribution in [0, 0.1) is 0 Å². The van der Waals surface area contributed by atoms with Crippen molar-refractivity contribution < 1.29 is 19.1 Å². The number of carbonyl (C=O) groups is 2. The predicted octanol–water partition coefficient (Wildman–Crippen LogP) is 3.06. The normalized spacial score (nSPS) is 11.3. The van der Waals surface area contributed by atoms with E-state index in [1.165, 1.54) is 6.92 Å². The summed E-state index contributed by atoms with van der Waals surface area (Å²) in [7, 11) is 1.57. The molecule has 2 rings (SSSR count). The number of amides is 2. The lowest BCUT2D eigenvalue weighted by atomic mass is 10.2. The molecule has 0 saturated heterocycles. The van der Waals surface area contributed by atoms with Gasteiger partial charge in [0.25, 0.3) is 5.91 Å². The van der Waals surface area contributed by atoms with E-state index in [9.17, 15) is 9.59 Å². The predicted molar refractivity (Wildman–Crippen MR) is 92.5 cm³/mol. The van der Waals surface area contributed by atoms with Crippen molar-refractivity contribution in [3.8, 4) is 11.5 Å². The van der Waals surface area contributed by atoms with Gasteiger partial charge in [-0.2, -0.15) is 0 Å². The highest BCUT2D eigenvalue weighted by molar-refractivity contribution is 5.94. The zero-order chi connectivity index (χ0) is 17.5. The average molecular weight is 328 g/mol. The van der Waals surface area contributed by atoms with Gasteiger partial charge in [-0.1, -0.05) is 6.07 Å². The van der Waals surface area contributed by atoms with E-state index < -0.39 is 6.10 Å². The maximum absolute atomic E-state index is 12.2. The van der Waals surface area contributed by atoms with E-state index in [2.05, 4.69) is 10.6 Å². The monoisotopic (exact) mass is 328 g/mol. The summed E-state index contributed by atoms with van der Waals surface area (Å²) in [5.74, 6) is 0.795. The molecule has 2 amide bonds. The number of rotatable bonds is 6. The summed E-state index contributed by atoms with van der Waals surface area (Å²) in [4.78, 5) is 23.2. The molecule has 0 aliphatic heterocycles. The van der Waals surface area contributed by atoms with Gasteiger partial charge >= 0.3 is 0 Å². The second-order valence-corrected chi connectivity index (χ2v) is 5.19. The van der Waals surface area contributed by atoms with Crippen molar-refractivity contribution in [2.24, 2.45) is 0 Å². The molecule has 1 atom stereocenters. The summed E-state index contributed by atoms with van der Waals surface area (Å²) in [5, 5.41) is 5.43. The van der Waals surface area contributed by atoms with E-state index in [1.54, 1.807) is 62.6 Å². The molecule has 24 heavy (non-hydrogen) atoms. The summed E-state index contributed by atoms with van der Waals surface area (Å²) < 4.78 is 10.7. The number of hydrogen-bond acceptors (Lipinski definition) is 4. The lowest BCUT2D eigenvalue weighted by Crippen LogP contribution is -2.30. The van der Waals surface area contributed by atoms with Gasteiger partial charge in [-0.25, -0.2) is 0 Å². The second kappa shape index (κ2) is 8.01. The molecule has 0 heterocycles. The number of methoxy groups -OCH3 is 1. The lowest BCUT2D eigenvalue weighted by molar-refractivity contribution is -0.122. The Labute approximate surface area is 140 Å². The molecule has 126 valence electrons. The van der Waals surface area contributed by atoms with Crippen LogP contribution >= 0.6 is 0 Å². The first-order valence-electron chi connectivity index (χ1n) is 7.47. The quantitative estimate of drug-likeness (QED) is 0.854. The molecular formula is C18H20N2O4. The van der Waals surface area contributed by atoms with Gasteiger partial charge in [0.2, 0.25) is 5.91 Å². The van der Waals surface area contributed by atoms with Gasteiger partial charge < -0.3 is 20.1 Å². The number of hydrogen-bond donors (Lipinski definition) is 2. The third-order valence-electron chi connectivity index (χ3n) is 3.20. The maximum atomic E-state index is 12.2. The first kappa shape index (κ1) is 17.3. The maximum Gasteiger partial charge on any atom is 0.265 e. The minimum absolute atomic E-state index is 0.146. The number of ether oxygens (including phenoxy) is 2. The summed E-state index contributed by atoms with van der Waals surface area (Å²) in [6, 6.07) is 13.9. The zero-order valence-corrected chi connectivity index (χ0v) is 13.8. The Morgan fingerprint density at radius 1 is 0.958 bits per heavy atom. The van der Waals surface area contributed by atoms with Gasteiger partial charge in [0, 0.05) is 24.4 Å². The lowest BCUT2D eigenvalue weighted by Gasteiger charge is -2.15. The molecule has 2 aromatic carbocycles. The Bertz CT molecular complexity index is 713. The number of anilines is 2. The summed E-state index contributed by atoms with van der Waals surface area (Å²) >= 11 is 0. The summed E-state index contributed by atoms with van der Waals surface area (Å²) in [5.41, 5.74) is 1.29. The minimum Gasteiger partial charge on any atom is -0.497 e. The van der Waals surface area contributed by atoms with E-state index in [0.717, 1.165) is 0 Å². The van der Waals surface area contributed by atoms with E-state index in [0.29, 0.717) is 22.9 Å². The Morgan fingerprint density at radius 2 is 1.54 bits per heavy atom. The van der Waals surface area contributed by atoms with Gasteiger partial charge in [-0.05, 0) is 43.3 Å². The van der Waals surface area contributed by atoms with E-state index in [1.807, 2.05) is 0 Å². The Kier molecular flexibility index (Phi) is 5.78. The third-order valence-corrected chi connectivity index (χ3v) is 3.20. The van der Waals surface area contributed by atoms with Gasteiger partial charge in [0.1, 0.15) is 11.5 Å². The molecule has 2 aromatic rings. The molecule has 0 unspecified atom stereocenters. The molecule has 0 fully saturated rings. The van der Waals surface area contributed by atoms with Crippen LogP contribution in [0.5, 0.6) is 11.5 Å². The Hall–Kier alpha value is -3.02. The van der Waals surface area contributed by atoms with Crippen LogP contribution in [0.25, 0.3) is 0 Å². The van der Waals surface area contributed by atoms with Crippen LogP contribution in [-0.4, -0.2) is 25.0 Å². The number of nitrogens with one attached hydrogen (secondary N) is 2. The largest absolute Gasteiger partial charge is 0.497 e. The summed E-state index contributed by atoms with van der Waals surface area (Å²) in [6.45, 7) is 3.10. The molecule has 2 N–H and O–H groups in total. The standard InChI is InChI=1S/C18H20N2O4/c1-12(24-17-6-4-5-16(11-17)23-3)18(22)20-15-9-7-14(8-10-15)19-13(2)21/h4-12H,1-3H3,(H,19,21)(H,20,22)/t12-/m0/s1. The Morgan fingerprint density at radius 3 is 2.12 bits per heavy atom. The highest BCUT2D eigenvalue weighted by Gasteiger charge is 2.15. The van der Waals surface area contributed by atoms with E-state index >= 15 is 0 Å². The zero-order valence-electron chi connectivity index (χ0n) is 13.8. The molecule has 0 spiro atoms. The molecular weight excluding hydrogens is 308 g/mol. The van der Waals surface area contributed by atoms with Crippen LogP contribution in [0.2, 0.25) is 0 Å². The van der Waals surface area contributed by atoms with E-state index in [4.69, 9.17) is 9.47 Å². The topological polar surface area (TPSA) is 76.7 Å². The van der Waals surface area contributed by atoms with Crippen molar-refractivity contribution in [1.29, 1.82) is 0 Å². The molecule has 0 bridgehead atoms. The van der Waals surface area contributed by atoms with E-state index in [-0.39, 0.29) is 11.8 Å². The van der Waals surface area contributed by atoms with Crippen molar-refractivity contribution in [2.45, 2.75) is 20.0 Å². The molecule has 0 saturated carbocycles. The fraction of sp³-hybridized carbons (Fsp3) is 0.222. The van der Waals surface area contributed by atoms with Crippen LogP contribution in [0.4, 0.5) is 11.4 Å². The third kappa shape index (κ3) is 5.01. The SMILES string of the molecule is COc1cccc(O[C@@H](C)C(=O)Nc2ccc(NC(C)=O)cc2)c1. The fourth-order valence-electron chi connectivity index (χ4n) is 2.02. The van der Waals surface area contributed by atoms with Crippen LogP contribution < -0.4 is 20.1 Å². The molecule has 0 aliphatic carbocycles. The smallest absolute Gasteiger partial charge is 0.265 e. The van der Waals surface area contributed by atoms with Gasteiger partial charge in [-0.3, -0.25) is 9.59 Å². The Balaban J connectivity index is 1.94. The van der Waals surface area contributed by atoms with Crippen molar-refractivity contribution in [3.05, 3.63) is 48.5 Å². The van der Waals surface area contributed by atoms with Crippen molar-refractivity contribution in [2.75, 3.05) is 17.7 Å². The number of benzene rings is 2. The van der Waals surface area contributed by atoms with Crippen molar-refractivity contribution in [1.82, 2.24) is 0 Å². The first-order valence-corrected chi connectivity index (χ1v) is 7.47. The average Bonchev–Trinajstić information content (AvgIpc) is 2.56. The highest BCUT2D eigenvalue weighted by Crippen LogP contribution is 2.20. The highest BCUT2D eigenvalue weighted by atomic mass is 16.5. The van der Waals surface area contributed by atoms with Crippen LogP contribution in [0.1, 0.15) is 13.8 Å². The molecule has 6 nitrogen and oxygen atoms in total. The first-order chi connectivity index (χ1) is 11.5. The van der Waals surface area contributed by atoms with Crippen molar-refractivity contribution in [3.63, 3.8) is 0 Å². The minimum atomic E-state index is -0.674. The summed E-state index contributed by atoms with van der Waals surface area (Å²) in [6.07, 6.45) is -0.674. The molecule has 0 aromatic heterocycles. The van der Waals surface area contributed by atoms with Crippen LogP contribution in [-0.2, 0) is 9.59 Å². The second-order valence-electron chi connectivity index (χ2n) is 5.19. The van der Waals surface area contributed by atoms with Gasteiger partial charge in [0.15, 0.2) is 6.10 Å². The van der Waals surface area contributed by atoms with Crippen molar-refractivity contribution >= 4 is 23.2 Å². The molecule has 6 heteroatoms. The molecule has 0 aliphatic rings. The van der Waals surface area contributed by atoms with Gasteiger partial charge in [-0.15, -0.1) is 0 Å². The fourth-order valence-corrected chi connectivity index (χ4v) is 2.02. The van der Waals surface area contributed by atoms with Crippen LogP contribution in [0.15, 0.2) is 48.5 Å². The number of carbonyl (C=O) groups excluding carboxylic acids is 2.